The van der Waals surface area contributed by atoms with Gasteiger partial charge in [0, 0.05) is 23.8 Å². The zero-order chi connectivity index (χ0) is 18.3. The number of benzene rings is 2. The number of hydrogen-bond acceptors (Lipinski definition) is 4. The number of anilines is 1. The van der Waals surface area contributed by atoms with Gasteiger partial charge in [-0.3, -0.25) is 0 Å². The molecule has 0 bridgehead atoms. The molecule has 5 nitrogen and oxygen atoms in total. The molecular formula is C20H20ClN5. The number of aromatic nitrogens is 2. The summed E-state index contributed by atoms with van der Waals surface area (Å²) in [5.41, 5.74) is 5.51. The van der Waals surface area contributed by atoms with E-state index < -0.39 is 0 Å². The quantitative estimate of drug-likeness (QED) is 0.660. The number of hydrogen-bond donors (Lipinski definition) is 0. The van der Waals surface area contributed by atoms with Gasteiger partial charge in [-0.05, 0) is 63.2 Å². The van der Waals surface area contributed by atoms with Gasteiger partial charge in [0.1, 0.15) is 5.71 Å². The zero-order valence-electron chi connectivity index (χ0n) is 15.1. The molecule has 4 rings (SSSR count). The van der Waals surface area contributed by atoms with Gasteiger partial charge in [-0.15, -0.1) is 0 Å². The first-order valence-electron chi connectivity index (χ1n) is 8.78. The van der Waals surface area contributed by atoms with E-state index in [0.717, 1.165) is 47.1 Å². The minimum Gasteiger partial charge on any atom is -0.372 e. The number of imidazole rings is 1. The lowest BCUT2D eigenvalue weighted by Crippen LogP contribution is -2.21. The van der Waals surface area contributed by atoms with Gasteiger partial charge in [0.25, 0.3) is 0 Å². The lowest BCUT2D eigenvalue weighted by atomic mass is 10.2. The summed E-state index contributed by atoms with van der Waals surface area (Å²) in [4.78, 5) is 11.8. The Bertz CT molecular complexity index is 1030. The van der Waals surface area contributed by atoms with Gasteiger partial charge in [-0.25, -0.2) is 14.7 Å². The summed E-state index contributed by atoms with van der Waals surface area (Å²) in [6.45, 7) is 8.25. The molecular weight excluding hydrogens is 346 g/mol. The van der Waals surface area contributed by atoms with Crippen molar-refractivity contribution in [1.29, 1.82) is 0 Å². The van der Waals surface area contributed by atoms with Crippen LogP contribution in [0.1, 0.15) is 26.6 Å². The van der Waals surface area contributed by atoms with Gasteiger partial charge in [-0.1, -0.05) is 11.6 Å². The highest BCUT2D eigenvalue weighted by atomic mass is 35.5. The predicted octanol–water partition coefficient (Wildman–Crippen LogP) is 4.89. The monoisotopic (exact) mass is 365 g/mol. The number of aliphatic imine (C=N–C) groups is 1. The molecule has 2 aromatic carbocycles. The molecule has 132 valence electrons. The van der Waals surface area contributed by atoms with E-state index in [1.807, 2.05) is 41.9 Å². The van der Waals surface area contributed by atoms with Crippen LogP contribution in [-0.4, -0.2) is 34.2 Å². The molecule has 3 aromatic rings. The fourth-order valence-electron chi connectivity index (χ4n) is 3.24. The Morgan fingerprint density at radius 1 is 1.08 bits per heavy atom. The highest BCUT2D eigenvalue weighted by Crippen LogP contribution is 2.26. The molecule has 0 saturated heterocycles. The maximum absolute atomic E-state index is 6.12. The second-order valence-corrected chi connectivity index (χ2v) is 6.65. The molecule has 1 aliphatic rings. The van der Waals surface area contributed by atoms with Crippen molar-refractivity contribution >= 4 is 45.4 Å². The van der Waals surface area contributed by atoms with Crippen LogP contribution in [0.25, 0.3) is 11.0 Å². The van der Waals surface area contributed by atoms with Crippen LogP contribution < -0.4 is 4.90 Å². The van der Waals surface area contributed by atoms with Gasteiger partial charge >= 0.3 is 0 Å². The van der Waals surface area contributed by atoms with Crippen molar-refractivity contribution in [3.8, 4) is 0 Å². The standard InChI is InChI=1S/C20H20ClN5/c1-4-25(5-2)16-9-7-15(8-10-16)22-19-13(3)24-26-18-12-14(21)6-11-17(18)23-20(19)26/h6-12H,4-5H2,1-3H3. The lowest BCUT2D eigenvalue weighted by molar-refractivity contribution is 0.866. The summed E-state index contributed by atoms with van der Waals surface area (Å²) in [7, 11) is 0. The summed E-state index contributed by atoms with van der Waals surface area (Å²) in [6.07, 6.45) is 0. The molecule has 0 spiro atoms. The Morgan fingerprint density at radius 3 is 2.50 bits per heavy atom. The van der Waals surface area contributed by atoms with Gasteiger partial charge in [0.15, 0.2) is 5.82 Å². The first-order chi connectivity index (χ1) is 12.6. The van der Waals surface area contributed by atoms with Crippen LogP contribution in [0.3, 0.4) is 0 Å². The largest absolute Gasteiger partial charge is 0.372 e. The molecule has 0 aliphatic carbocycles. The predicted molar refractivity (Wildman–Crippen MR) is 109 cm³/mol. The first kappa shape index (κ1) is 16.8. The summed E-state index contributed by atoms with van der Waals surface area (Å²) in [6, 6.07) is 13.9. The molecule has 0 radical (unpaired) electrons. The number of nitrogens with zero attached hydrogens (tertiary/aromatic N) is 5. The molecule has 6 heteroatoms. The van der Waals surface area contributed by atoms with Crippen LogP contribution >= 0.6 is 11.6 Å². The van der Waals surface area contributed by atoms with Crippen LogP contribution in [0.5, 0.6) is 0 Å². The van der Waals surface area contributed by atoms with Crippen molar-refractivity contribution in [3.63, 3.8) is 0 Å². The van der Waals surface area contributed by atoms with Crippen molar-refractivity contribution in [2.24, 2.45) is 10.1 Å². The molecule has 0 N–H and O–H groups in total. The fraction of sp³-hybridized carbons (Fsp3) is 0.250. The van der Waals surface area contributed by atoms with Crippen molar-refractivity contribution < 1.29 is 0 Å². The van der Waals surface area contributed by atoms with Crippen LogP contribution in [0.2, 0.25) is 5.02 Å². The normalized spacial score (nSPS) is 14.8. The van der Waals surface area contributed by atoms with Gasteiger partial charge in [0.2, 0.25) is 0 Å². The minimum atomic E-state index is 0.672. The summed E-state index contributed by atoms with van der Waals surface area (Å²) in [5.74, 6) is 0.757. The first-order valence-corrected chi connectivity index (χ1v) is 9.16. The van der Waals surface area contributed by atoms with E-state index in [1.54, 1.807) is 0 Å². The molecule has 0 amide bonds. The van der Waals surface area contributed by atoms with Crippen LogP contribution in [0.15, 0.2) is 52.6 Å². The Hall–Kier alpha value is -2.66. The van der Waals surface area contributed by atoms with Crippen molar-refractivity contribution in [1.82, 2.24) is 9.66 Å². The third kappa shape index (κ3) is 2.78. The van der Waals surface area contributed by atoms with Crippen molar-refractivity contribution in [2.45, 2.75) is 20.8 Å². The summed E-state index contributed by atoms with van der Waals surface area (Å²) in [5, 5.41) is 5.28. The number of halogens is 1. The van der Waals surface area contributed by atoms with Crippen LogP contribution in [0.4, 0.5) is 11.4 Å². The second kappa shape index (κ2) is 6.57. The maximum Gasteiger partial charge on any atom is 0.182 e. The Labute approximate surface area is 157 Å². The molecule has 26 heavy (non-hydrogen) atoms. The topological polar surface area (TPSA) is 45.8 Å². The molecule has 0 atom stereocenters. The highest BCUT2D eigenvalue weighted by Gasteiger charge is 2.24. The Kier molecular flexibility index (Phi) is 4.24. The molecule has 0 unspecified atom stereocenters. The van der Waals surface area contributed by atoms with Crippen molar-refractivity contribution in [2.75, 3.05) is 18.0 Å². The fourth-order valence-corrected chi connectivity index (χ4v) is 3.40. The van der Waals surface area contributed by atoms with Gasteiger partial charge in [-0.2, -0.15) is 5.10 Å². The number of rotatable bonds is 4. The lowest BCUT2D eigenvalue weighted by Gasteiger charge is -2.20. The maximum atomic E-state index is 6.12. The minimum absolute atomic E-state index is 0.672. The number of fused-ring (bicyclic) bond motifs is 3. The molecule has 0 saturated carbocycles. The summed E-state index contributed by atoms with van der Waals surface area (Å²) < 4.78 is 1.82. The zero-order valence-corrected chi connectivity index (χ0v) is 15.8. The third-order valence-corrected chi connectivity index (χ3v) is 4.85. The SMILES string of the molecule is CCN(CC)c1ccc(N=C2C(C)=Nn3c2nc2ccc(Cl)cc23)cc1. The van der Waals surface area contributed by atoms with E-state index in [2.05, 4.69) is 41.0 Å². The van der Waals surface area contributed by atoms with E-state index in [1.165, 1.54) is 5.69 Å². The average molecular weight is 366 g/mol. The van der Waals surface area contributed by atoms with Crippen LogP contribution in [-0.2, 0) is 0 Å². The van der Waals surface area contributed by atoms with E-state index in [-0.39, 0.29) is 0 Å². The molecule has 2 heterocycles. The Morgan fingerprint density at radius 2 is 1.81 bits per heavy atom. The average Bonchev–Trinajstić information content (AvgIpc) is 3.13. The Balaban J connectivity index is 1.73. The van der Waals surface area contributed by atoms with E-state index in [9.17, 15) is 0 Å². The molecule has 1 aliphatic heterocycles. The summed E-state index contributed by atoms with van der Waals surface area (Å²) >= 11 is 6.12. The van der Waals surface area contributed by atoms with Crippen molar-refractivity contribution in [3.05, 3.63) is 53.3 Å². The van der Waals surface area contributed by atoms with Gasteiger partial charge in [0.05, 0.1) is 22.4 Å². The third-order valence-electron chi connectivity index (χ3n) is 4.62. The molecule has 0 fully saturated rings. The van der Waals surface area contributed by atoms with E-state index in [0.29, 0.717) is 5.02 Å². The van der Waals surface area contributed by atoms with E-state index >= 15 is 0 Å². The van der Waals surface area contributed by atoms with Gasteiger partial charge < -0.3 is 4.90 Å². The van der Waals surface area contributed by atoms with Crippen LogP contribution in [0, 0.1) is 0 Å². The molecule has 1 aromatic heterocycles. The second-order valence-electron chi connectivity index (χ2n) is 6.21. The highest BCUT2D eigenvalue weighted by molar-refractivity contribution is 6.48. The smallest absolute Gasteiger partial charge is 0.182 e. The van der Waals surface area contributed by atoms with E-state index in [4.69, 9.17) is 16.6 Å².